The lowest BCUT2D eigenvalue weighted by Gasteiger charge is -2.02. The number of rotatable bonds is 3. The Balaban J connectivity index is 2.44. The van der Waals surface area contributed by atoms with Crippen molar-refractivity contribution < 1.29 is 13.6 Å². The Morgan fingerprint density at radius 1 is 1.33 bits per heavy atom. The molecule has 0 fully saturated rings. The van der Waals surface area contributed by atoms with Crippen molar-refractivity contribution in [3.05, 3.63) is 52.9 Å². The molecule has 94 valence electrons. The fourth-order valence-electron chi connectivity index (χ4n) is 1.72. The van der Waals surface area contributed by atoms with Gasteiger partial charge in [0, 0.05) is 13.1 Å². The third-order valence-electron chi connectivity index (χ3n) is 2.70. The van der Waals surface area contributed by atoms with Gasteiger partial charge in [0.2, 0.25) is 5.78 Å². The van der Waals surface area contributed by atoms with Crippen LogP contribution in [0.15, 0.2) is 24.3 Å². The minimum absolute atomic E-state index is 0.151. The standard InChI is InChI=1S/C13H12F2N2O/c1-3-9-7-12(17(2)16-9)13(18)10-5-4-8(14)6-11(10)15/h4-7H,3H2,1-2H3. The predicted molar refractivity (Wildman–Crippen MR) is 62.4 cm³/mol. The van der Waals surface area contributed by atoms with Gasteiger partial charge < -0.3 is 0 Å². The van der Waals surface area contributed by atoms with E-state index in [0.717, 1.165) is 17.8 Å². The molecule has 0 saturated carbocycles. The average Bonchev–Trinajstić information content (AvgIpc) is 2.70. The largest absolute Gasteiger partial charge is 0.287 e. The first-order valence-corrected chi connectivity index (χ1v) is 5.55. The van der Waals surface area contributed by atoms with Gasteiger partial charge in [-0.1, -0.05) is 6.92 Å². The van der Waals surface area contributed by atoms with Crippen LogP contribution >= 0.6 is 0 Å². The van der Waals surface area contributed by atoms with Gasteiger partial charge in [0.25, 0.3) is 0 Å². The van der Waals surface area contributed by atoms with Crippen molar-refractivity contribution in [1.29, 1.82) is 0 Å². The third kappa shape index (κ3) is 2.16. The van der Waals surface area contributed by atoms with Crippen molar-refractivity contribution in [1.82, 2.24) is 9.78 Å². The van der Waals surface area contributed by atoms with Crippen LogP contribution in [0.2, 0.25) is 0 Å². The van der Waals surface area contributed by atoms with E-state index in [2.05, 4.69) is 5.10 Å². The van der Waals surface area contributed by atoms with Crippen molar-refractivity contribution in [3.8, 4) is 0 Å². The fourth-order valence-corrected chi connectivity index (χ4v) is 1.72. The highest BCUT2D eigenvalue weighted by Gasteiger charge is 2.18. The third-order valence-corrected chi connectivity index (χ3v) is 2.70. The van der Waals surface area contributed by atoms with Crippen LogP contribution in [0.4, 0.5) is 8.78 Å². The second-order valence-corrected chi connectivity index (χ2v) is 3.95. The number of benzene rings is 1. The van der Waals surface area contributed by atoms with Crippen molar-refractivity contribution in [3.63, 3.8) is 0 Å². The summed E-state index contributed by atoms with van der Waals surface area (Å²) in [5.74, 6) is -2.07. The quantitative estimate of drug-likeness (QED) is 0.784. The normalized spacial score (nSPS) is 10.7. The molecule has 1 heterocycles. The van der Waals surface area contributed by atoms with Crippen LogP contribution in [-0.2, 0) is 13.5 Å². The predicted octanol–water partition coefficient (Wildman–Crippen LogP) is 2.49. The molecule has 0 radical (unpaired) electrons. The summed E-state index contributed by atoms with van der Waals surface area (Å²) in [7, 11) is 1.62. The highest BCUT2D eigenvalue weighted by atomic mass is 19.1. The molecule has 2 aromatic rings. The second-order valence-electron chi connectivity index (χ2n) is 3.95. The summed E-state index contributed by atoms with van der Waals surface area (Å²) in [4.78, 5) is 12.1. The first-order valence-electron chi connectivity index (χ1n) is 5.55. The zero-order valence-corrected chi connectivity index (χ0v) is 10.1. The number of carbonyl (C=O) groups excluding carboxylic acids is 1. The molecule has 0 spiro atoms. The number of ketones is 1. The van der Waals surface area contributed by atoms with Crippen molar-refractivity contribution in [2.45, 2.75) is 13.3 Å². The number of halogens is 2. The summed E-state index contributed by atoms with van der Waals surface area (Å²) in [6, 6.07) is 4.52. The first kappa shape index (κ1) is 12.4. The zero-order valence-electron chi connectivity index (χ0n) is 10.1. The molecule has 5 heteroatoms. The Morgan fingerprint density at radius 3 is 2.61 bits per heavy atom. The van der Waals surface area contributed by atoms with Gasteiger partial charge in [0.1, 0.15) is 17.3 Å². The van der Waals surface area contributed by atoms with Crippen LogP contribution < -0.4 is 0 Å². The number of aryl methyl sites for hydroxylation is 2. The van der Waals surface area contributed by atoms with E-state index < -0.39 is 17.4 Å². The van der Waals surface area contributed by atoms with E-state index in [1.165, 1.54) is 4.68 Å². The molecular weight excluding hydrogens is 238 g/mol. The molecule has 2 rings (SSSR count). The fraction of sp³-hybridized carbons (Fsp3) is 0.231. The topological polar surface area (TPSA) is 34.9 Å². The molecule has 0 unspecified atom stereocenters. The van der Waals surface area contributed by atoms with Crippen LogP contribution in [0, 0.1) is 11.6 Å². The maximum Gasteiger partial charge on any atom is 0.213 e. The Labute approximate surface area is 103 Å². The lowest BCUT2D eigenvalue weighted by atomic mass is 10.1. The minimum Gasteiger partial charge on any atom is -0.287 e. The molecule has 3 nitrogen and oxygen atoms in total. The molecule has 0 aliphatic heterocycles. The maximum absolute atomic E-state index is 13.5. The first-order chi connectivity index (χ1) is 8.52. The Kier molecular flexibility index (Phi) is 3.23. The van der Waals surface area contributed by atoms with E-state index in [1.807, 2.05) is 6.92 Å². The molecule has 0 bridgehead atoms. The van der Waals surface area contributed by atoms with Crippen molar-refractivity contribution in [2.75, 3.05) is 0 Å². The van der Waals surface area contributed by atoms with Gasteiger partial charge in [-0.3, -0.25) is 9.48 Å². The summed E-state index contributed by atoms with van der Waals surface area (Å²) in [6.07, 6.45) is 0.688. The van der Waals surface area contributed by atoms with E-state index in [1.54, 1.807) is 13.1 Å². The van der Waals surface area contributed by atoms with Crippen LogP contribution in [0.1, 0.15) is 28.7 Å². The molecule has 18 heavy (non-hydrogen) atoms. The van der Waals surface area contributed by atoms with Crippen LogP contribution in [0.25, 0.3) is 0 Å². The Bertz CT molecular complexity index is 605. The van der Waals surface area contributed by atoms with Gasteiger partial charge in [-0.25, -0.2) is 8.78 Å². The van der Waals surface area contributed by atoms with E-state index in [4.69, 9.17) is 0 Å². The zero-order chi connectivity index (χ0) is 13.3. The van der Waals surface area contributed by atoms with Crippen LogP contribution in [-0.4, -0.2) is 15.6 Å². The van der Waals surface area contributed by atoms with Gasteiger partial charge in [0.15, 0.2) is 0 Å². The summed E-state index contributed by atoms with van der Waals surface area (Å²) in [5.41, 5.74) is 0.891. The van der Waals surface area contributed by atoms with E-state index in [9.17, 15) is 13.6 Å². The number of hydrogen-bond acceptors (Lipinski definition) is 2. The summed E-state index contributed by atoms with van der Waals surface area (Å²) < 4.78 is 27.7. The molecule has 0 atom stereocenters. The number of nitrogens with zero attached hydrogens (tertiary/aromatic N) is 2. The van der Waals surface area contributed by atoms with Crippen molar-refractivity contribution >= 4 is 5.78 Å². The number of hydrogen-bond donors (Lipinski definition) is 0. The van der Waals surface area contributed by atoms with Crippen LogP contribution in [0.3, 0.4) is 0 Å². The van der Waals surface area contributed by atoms with Gasteiger partial charge in [-0.15, -0.1) is 0 Å². The van der Waals surface area contributed by atoms with Gasteiger partial charge in [-0.05, 0) is 24.6 Å². The molecule has 0 saturated heterocycles. The number of carbonyl (C=O) groups is 1. The summed E-state index contributed by atoms with van der Waals surface area (Å²) in [5, 5.41) is 4.12. The molecule has 0 aliphatic carbocycles. The SMILES string of the molecule is CCc1cc(C(=O)c2ccc(F)cc2F)n(C)n1. The van der Waals surface area contributed by atoms with Crippen molar-refractivity contribution in [2.24, 2.45) is 7.05 Å². The van der Waals surface area contributed by atoms with E-state index in [-0.39, 0.29) is 11.3 Å². The highest BCUT2D eigenvalue weighted by molar-refractivity contribution is 6.08. The van der Waals surface area contributed by atoms with Gasteiger partial charge >= 0.3 is 0 Å². The Hall–Kier alpha value is -2.04. The van der Waals surface area contributed by atoms with Gasteiger partial charge in [0.05, 0.1) is 11.3 Å². The summed E-state index contributed by atoms with van der Waals surface area (Å²) >= 11 is 0. The minimum atomic E-state index is -0.862. The molecule has 0 aliphatic rings. The lowest BCUT2D eigenvalue weighted by Crippen LogP contribution is -2.10. The highest BCUT2D eigenvalue weighted by Crippen LogP contribution is 2.15. The molecule has 0 amide bonds. The summed E-state index contributed by atoms with van der Waals surface area (Å²) in [6.45, 7) is 1.91. The van der Waals surface area contributed by atoms with Gasteiger partial charge in [-0.2, -0.15) is 5.10 Å². The van der Waals surface area contributed by atoms with Crippen LogP contribution in [0.5, 0.6) is 0 Å². The smallest absolute Gasteiger partial charge is 0.213 e. The average molecular weight is 250 g/mol. The molecular formula is C13H12F2N2O. The van der Waals surface area contributed by atoms with E-state index >= 15 is 0 Å². The monoisotopic (exact) mass is 250 g/mol. The Morgan fingerprint density at radius 2 is 2.06 bits per heavy atom. The lowest BCUT2D eigenvalue weighted by molar-refractivity contribution is 0.102. The number of aromatic nitrogens is 2. The molecule has 1 aromatic carbocycles. The molecule has 1 aromatic heterocycles. The van der Waals surface area contributed by atoms with E-state index in [0.29, 0.717) is 12.5 Å². The molecule has 0 N–H and O–H groups in total. The maximum atomic E-state index is 13.5. The second kappa shape index (κ2) is 4.68.